The molecule has 4 aromatic rings. The smallest absolute Gasteiger partial charge is 0.245 e. The Balaban J connectivity index is 1.35. The van der Waals surface area contributed by atoms with Crippen LogP contribution in [0.5, 0.6) is 0 Å². The Labute approximate surface area is 219 Å². The van der Waals surface area contributed by atoms with Crippen molar-refractivity contribution >= 4 is 41.0 Å². The highest BCUT2D eigenvalue weighted by molar-refractivity contribution is 6.33. The Morgan fingerprint density at radius 3 is 2.70 bits per heavy atom. The summed E-state index contributed by atoms with van der Waals surface area (Å²) in [6.07, 6.45) is 7.81. The van der Waals surface area contributed by atoms with Gasteiger partial charge in [0.25, 0.3) is 0 Å². The third-order valence-electron chi connectivity index (χ3n) is 5.24. The second-order valence-corrected chi connectivity index (χ2v) is 8.29. The second-order valence-electron chi connectivity index (χ2n) is 7.89. The highest BCUT2D eigenvalue weighted by Gasteiger charge is 2.11. The molecule has 0 aliphatic heterocycles. The molecular formula is C26H26ClFN8O. The van der Waals surface area contributed by atoms with Crippen LogP contribution in [-0.4, -0.2) is 53.0 Å². The van der Waals surface area contributed by atoms with Gasteiger partial charge in [-0.3, -0.25) is 9.97 Å². The summed E-state index contributed by atoms with van der Waals surface area (Å²) in [5.41, 5.74) is 6.80. The van der Waals surface area contributed by atoms with E-state index in [4.69, 9.17) is 16.3 Å². The monoisotopic (exact) mass is 520 g/mol. The van der Waals surface area contributed by atoms with E-state index in [0.29, 0.717) is 30.5 Å². The van der Waals surface area contributed by atoms with Crippen LogP contribution < -0.4 is 15.6 Å². The first-order valence-corrected chi connectivity index (χ1v) is 11.9. The summed E-state index contributed by atoms with van der Waals surface area (Å²) in [5, 5.41) is 8.01. The molecule has 1 aromatic carbocycles. The summed E-state index contributed by atoms with van der Waals surface area (Å²) < 4.78 is 19.4. The molecule has 37 heavy (non-hydrogen) atoms. The molecule has 0 spiro atoms. The van der Waals surface area contributed by atoms with Crippen molar-refractivity contribution in [2.45, 2.75) is 6.92 Å². The van der Waals surface area contributed by atoms with Gasteiger partial charge in [-0.2, -0.15) is 10.1 Å². The Morgan fingerprint density at radius 1 is 1.11 bits per heavy atom. The van der Waals surface area contributed by atoms with Crippen LogP contribution in [0.25, 0.3) is 11.1 Å². The summed E-state index contributed by atoms with van der Waals surface area (Å²) in [5.74, 6) is -0.193. The molecule has 0 unspecified atom stereocenters. The minimum absolute atomic E-state index is 0.162. The lowest BCUT2D eigenvalue weighted by molar-refractivity contribution is 0.154. The van der Waals surface area contributed by atoms with Crippen LogP contribution in [0.2, 0.25) is 5.02 Å². The van der Waals surface area contributed by atoms with E-state index >= 15 is 0 Å². The van der Waals surface area contributed by atoms with Crippen molar-refractivity contribution in [1.82, 2.24) is 19.9 Å². The van der Waals surface area contributed by atoms with Crippen LogP contribution in [-0.2, 0) is 4.74 Å². The summed E-state index contributed by atoms with van der Waals surface area (Å²) >= 11 is 6.48. The fourth-order valence-electron chi connectivity index (χ4n) is 3.36. The Morgan fingerprint density at radius 2 is 1.97 bits per heavy atom. The van der Waals surface area contributed by atoms with Crippen molar-refractivity contribution in [3.8, 4) is 11.1 Å². The van der Waals surface area contributed by atoms with Crippen molar-refractivity contribution in [3.63, 3.8) is 0 Å². The zero-order valence-electron chi connectivity index (χ0n) is 20.4. The molecule has 11 heteroatoms. The van der Waals surface area contributed by atoms with E-state index in [2.05, 4.69) is 35.8 Å². The second kappa shape index (κ2) is 12.7. The topological polar surface area (TPSA) is 100 Å². The van der Waals surface area contributed by atoms with Crippen LogP contribution in [0, 0.1) is 5.82 Å². The Bertz CT molecular complexity index is 1340. The maximum absolute atomic E-state index is 14.1. The fourth-order valence-corrected chi connectivity index (χ4v) is 3.65. The van der Waals surface area contributed by atoms with Gasteiger partial charge >= 0.3 is 0 Å². The van der Waals surface area contributed by atoms with Crippen molar-refractivity contribution < 1.29 is 9.13 Å². The fraction of sp³-hybridized carbons (Fsp3) is 0.192. The summed E-state index contributed by atoms with van der Waals surface area (Å²) in [6, 6.07) is 13.3. The number of ether oxygens (including phenoxy) is 1. The van der Waals surface area contributed by atoms with E-state index in [1.165, 1.54) is 6.21 Å². The lowest BCUT2D eigenvalue weighted by atomic mass is 10.1. The van der Waals surface area contributed by atoms with E-state index in [9.17, 15) is 4.39 Å². The van der Waals surface area contributed by atoms with Crippen LogP contribution in [0.3, 0.4) is 0 Å². The molecule has 0 radical (unpaired) electrons. The average Bonchev–Trinajstić information content (AvgIpc) is 2.91. The summed E-state index contributed by atoms with van der Waals surface area (Å²) in [7, 11) is 1.74. The standard InChI is InChI=1S/C26H26ClFN8O/c1-3-37-12-11-36(2)25-24(28)17-31-26(34-25)35-32-16-20-6-7-21(15-30-20)33-19-8-9-22(23(27)13-19)18-5-4-10-29-14-18/h4-10,13-17,33H,3,11-12H2,1-2H3,(H,31,34,35)/b32-16+. The van der Waals surface area contributed by atoms with E-state index in [1.807, 2.05) is 43.3 Å². The first kappa shape index (κ1) is 25.9. The van der Waals surface area contributed by atoms with E-state index in [-0.39, 0.29) is 11.8 Å². The van der Waals surface area contributed by atoms with Crippen molar-refractivity contribution in [2.75, 3.05) is 42.4 Å². The van der Waals surface area contributed by atoms with Crippen molar-refractivity contribution in [2.24, 2.45) is 5.10 Å². The molecule has 0 atom stereocenters. The van der Waals surface area contributed by atoms with Gasteiger partial charge in [0.2, 0.25) is 5.95 Å². The molecule has 0 saturated carbocycles. The molecule has 0 aliphatic rings. The Hall–Kier alpha value is -4.15. The third kappa shape index (κ3) is 7.18. The predicted octanol–water partition coefficient (Wildman–Crippen LogP) is 5.39. The molecule has 0 amide bonds. The molecule has 0 fully saturated rings. The van der Waals surface area contributed by atoms with Crippen LogP contribution in [0.1, 0.15) is 12.6 Å². The number of nitrogens with one attached hydrogen (secondary N) is 2. The summed E-state index contributed by atoms with van der Waals surface area (Å²) in [4.78, 5) is 18.3. The largest absolute Gasteiger partial charge is 0.380 e. The highest BCUT2D eigenvalue weighted by atomic mass is 35.5. The normalized spacial score (nSPS) is 11.0. The number of hydrogen-bond acceptors (Lipinski definition) is 9. The number of nitrogens with zero attached hydrogens (tertiary/aromatic N) is 6. The predicted molar refractivity (Wildman–Crippen MR) is 145 cm³/mol. The molecule has 3 heterocycles. The number of anilines is 4. The van der Waals surface area contributed by atoms with Crippen LogP contribution in [0.4, 0.5) is 27.5 Å². The molecular weight excluding hydrogens is 495 g/mol. The van der Waals surface area contributed by atoms with Gasteiger partial charge in [-0.05, 0) is 37.3 Å². The average molecular weight is 521 g/mol. The zero-order valence-corrected chi connectivity index (χ0v) is 21.2. The van der Waals surface area contributed by atoms with Gasteiger partial charge in [0, 0.05) is 49.4 Å². The number of benzene rings is 1. The first-order chi connectivity index (χ1) is 18.0. The molecule has 0 bridgehead atoms. The molecule has 3 aromatic heterocycles. The van der Waals surface area contributed by atoms with Gasteiger partial charge in [0.15, 0.2) is 11.6 Å². The first-order valence-electron chi connectivity index (χ1n) is 11.6. The minimum Gasteiger partial charge on any atom is -0.380 e. The number of likely N-dealkylation sites (N-methyl/N-ethyl adjacent to an activating group) is 1. The SMILES string of the molecule is CCOCCN(C)c1nc(N/N=C/c2ccc(Nc3ccc(-c4cccnc4)c(Cl)c3)cn2)ncc1F. The number of hydrazone groups is 1. The lowest BCUT2D eigenvalue weighted by Crippen LogP contribution is -2.25. The number of halogens is 2. The third-order valence-corrected chi connectivity index (χ3v) is 5.55. The van der Waals surface area contributed by atoms with E-state index in [1.54, 1.807) is 36.6 Å². The maximum Gasteiger partial charge on any atom is 0.245 e. The molecule has 9 nitrogen and oxygen atoms in total. The number of pyridine rings is 2. The lowest BCUT2D eigenvalue weighted by Gasteiger charge is -2.18. The molecule has 4 rings (SSSR count). The van der Waals surface area contributed by atoms with Gasteiger partial charge in [0.1, 0.15) is 0 Å². The Kier molecular flexibility index (Phi) is 8.90. The van der Waals surface area contributed by atoms with Crippen molar-refractivity contribution in [3.05, 3.63) is 83.8 Å². The molecule has 0 aliphatic carbocycles. The zero-order chi connectivity index (χ0) is 26.0. The quantitative estimate of drug-likeness (QED) is 0.154. The number of aromatic nitrogens is 4. The van der Waals surface area contributed by atoms with E-state index in [0.717, 1.165) is 28.7 Å². The number of rotatable bonds is 11. The highest BCUT2D eigenvalue weighted by Crippen LogP contribution is 2.30. The molecule has 190 valence electrons. The molecule has 2 N–H and O–H groups in total. The minimum atomic E-state index is -0.522. The maximum atomic E-state index is 14.1. The number of hydrogen-bond donors (Lipinski definition) is 2. The van der Waals surface area contributed by atoms with Crippen LogP contribution in [0.15, 0.2) is 72.4 Å². The van der Waals surface area contributed by atoms with Crippen molar-refractivity contribution in [1.29, 1.82) is 0 Å². The molecule has 0 saturated heterocycles. The van der Waals surface area contributed by atoms with E-state index < -0.39 is 5.82 Å². The van der Waals surface area contributed by atoms with Crippen LogP contribution >= 0.6 is 11.6 Å². The van der Waals surface area contributed by atoms with Gasteiger partial charge in [-0.25, -0.2) is 14.8 Å². The van der Waals surface area contributed by atoms with Gasteiger partial charge in [-0.1, -0.05) is 23.7 Å². The van der Waals surface area contributed by atoms with Gasteiger partial charge < -0.3 is 15.0 Å². The summed E-state index contributed by atoms with van der Waals surface area (Å²) in [6.45, 7) is 3.47. The van der Waals surface area contributed by atoms with Gasteiger partial charge in [-0.15, -0.1) is 0 Å². The van der Waals surface area contributed by atoms with Gasteiger partial charge in [0.05, 0.1) is 41.6 Å².